The molecule has 1 N–H and O–H groups in total. The van der Waals surface area contributed by atoms with E-state index in [1.807, 2.05) is 18.2 Å². The molecule has 1 aliphatic carbocycles. The van der Waals surface area contributed by atoms with Gasteiger partial charge in [-0.2, -0.15) is 0 Å². The van der Waals surface area contributed by atoms with Gasteiger partial charge in [-0.1, -0.05) is 30.0 Å². The normalized spacial score (nSPS) is 14.6. The number of ether oxygens (including phenoxy) is 1. The van der Waals surface area contributed by atoms with Crippen LogP contribution in [0.3, 0.4) is 0 Å². The van der Waals surface area contributed by atoms with Crippen molar-refractivity contribution in [2.75, 3.05) is 12.4 Å². The largest absolute Gasteiger partial charge is 0.492 e. The van der Waals surface area contributed by atoms with Crippen molar-refractivity contribution >= 4 is 11.8 Å². The molecular formula is C14H17N3OS. The average molecular weight is 275 g/mol. The number of aromatic amines is 1. The maximum atomic E-state index is 5.74. The Balaban J connectivity index is 1.44. The summed E-state index contributed by atoms with van der Waals surface area (Å²) in [5.74, 6) is 3.49. The first-order chi connectivity index (χ1) is 9.33. The fourth-order valence-corrected chi connectivity index (χ4v) is 2.49. The number of hydrogen-bond donors (Lipinski definition) is 1. The monoisotopic (exact) mass is 275 g/mol. The summed E-state index contributed by atoms with van der Waals surface area (Å²) in [6.07, 6.45) is 2.49. The van der Waals surface area contributed by atoms with Gasteiger partial charge in [0.25, 0.3) is 0 Å². The van der Waals surface area contributed by atoms with Crippen LogP contribution in [0.25, 0.3) is 0 Å². The number of aromatic nitrogens is 3. The summed E-state index contributed by atoms with van der Waals surface area (Å²) < 4.78 is 5.74. The lowest BCUT2D eigenvalue weighted by atomic mass is 10.2. The highest BCUT2D eigenvalue weighted by molar-refractivity contribution is 7.99. The fraction of sp³-hybridized carbons (Fsp3) is 0.429. The Morgan fingerprint density at radius 1 is 1.37 bits per heavy atom. The lowest BCUT2D eigenvalue weighted by Gasteiger charge is -2.07. The van der Waals surface area contributed by atoms with Crippen molar-refractivity contribution in [2.24, 2.45) is 0 Å². The maximum Gasteiger partial charge on any atom is 0.208 e. The number of hydrogen-bond acceptors (Lipinski definition) is 4. The molecule has 1 aliphatic rings. The number of nitrogens with zero attached hydrogens (tertiary/aromatic N) is 2. The van der Waals surface area contributed by atoms with Gasteiger partial charge in [0, 0.05) is 11.7 Å². The van der Waals surface area contributed by atoms with Gasteiger partial charge in [0.1, 0.15) is 11.6 Å². The predicted molar refractivity (Wildman–Crippen MR) is 75.8 cm³/mol. The molecule has 0 unspecified atom stereocenters. The lowest BCUT2D eigenvalue weighted by Crippen LogP contribution is -2.01. The molecule has 0 amide bonds. The molecule has 19 heavy (non-hydrogen) atoms. The van der Waals surface area contributed by atoms with Crippen molar-refractivity contribution in [3.05, 3.63) is 35.7 Å². The minimum atomic E-state index is 0.630. The van der Waals surface area contributed by atoms with E-state index in [-0.39, 0.29) is 0 Å². The van der Waals surface area contributed by atoms with Crippen LogP contribution in [0.2, 0.25) is 0 Å². The van der Waals surface area contributed by atoms with Gasteiger partial charge in [-0.3, -0.25) is 5.10 Å². The quantitative estimate of drug-likeness (QED) is 0.650. The zero-order chi connectivity index (χ0) is 13.1. The van der Waals surface area contributed by atoms with Gasteiger partial charge in [0.2, 0.25) is 5.16 Å². The Morgan fingerprint density at radius 3 is 3.00 bits per heavy atom. The van der Waals surface area contributed by atoms with Crippen LogP contribution < -0.4 is 4.74 Å². The van der Waals surface area contributed by atoms with Gasteiger partial charge in [-0.25, -0.2) is 4.98 Å². The fourth-order valence-electron chi connectivity index (χ4n) is 1.86. The smallest absolute Gasteiger partial charge is 0.208 e. The molecule has 5 heteroatoms. The average Bonchev–Trinajstić information content (AvgIpc) is 3.17. The van der Waals surface area contributed by atoms with Gasteiger partial charge in [-0.15, -0.1) is 5.10 Å². The third kappa shape index (κ3) is 3.29. The second-order valence-electron chi connectivity index (χ2n) is 4.74. The summed E-state index contributed by atoms with van der Waals surface area (Å²) in [5, 5.41) is 8.05. The summed E-state index contributed by atoms with van der Waals surface area (Å²) in [5.41, 5.74) is 1.17. The zero-order valence-electron chi connectivity index (χ0n) is 10.9. The van der Waals surface area contributed by atoms with Crippen molar-refractivity contribution in [1.82, 2.24) is 15.2 Å². The highest BCUT2D eigenvalue weighted by atomic mass is 32.2. The van der Waals surface area contributed by atoms with Gasteiger partial charge in [-0.05, 0) is 31.4 Å². The molecule has 0 saturated heterocycles. The van der Waals surface area contributed by atoms with Crippen molar-refractivity contribution in [2.45, 2.75) is 30.8 Å². The molecule has 0 radical (unpaired) electrons. The number of rotatable bonds is 6. The first-order valence-corrected chi connectivity index (χ1v) is 7.55. The second kappa shape index (κ2) is 5.65. The van der Waals surface area contributed by atoms with E-state index in [1.54, 1.807) is 11.8 Å². The predicted octanol–water partition coefficient (Wildman–Crippen LogP) is 3.16. The van der Waals surface area contributed by atoms with Crippen molar-refractivity contribution in [3.63, 3.8) is 0 Å². The van der Waals surface area contributed by atoms with Crippen LogP contribution in [0.5, 0.6) is 5.75 Å². The molecular weight excluding hydrogens is 258 g/mol. The van der Waals surface area contributed by atoms with Crippen LogP contribution >= 0.6 is 11.8 Å². The van der Waals surface area contributed by atoms with Crippen LogP contribution in [0.15, 0.2) is 29.4 Å². The molecule has 2 aromatic rings. The molecule has 100 valence electrons. The Hall–Kier alpha value is -1.49. The summed E-state index contributed by atoms with van der Waals surface area (Å²) in [6, 6.07) is 8.06. The molecule has 1 aromatic heterocycles. The molecule has 0 spiro atoms. The van der Waals surface area contributed by atoms with E-state index in [2.05, 4.69) is 28.2 Å². The molecule has 0 bridgehead atoms. The van der Waals surface area contributed by atoms with Gasteiger partial charge in [0.05, 0.1) is 6.61 Å². The Morgan fingerprint density at radius 2 is 2.21 bits per heavy atom. The molecule has 1 fully saturated rings. The van der Waals surface area contributed by atoms with E-state index in [4.69, 9.17) is 4.74 Å². The summed E-state index contributed by atoms with van der Waals surface area (Å²) in [6.45, 7) is 2.72. The standard InChI is InChI=1S/C14H17N3OS/c1-10-4-2-3-5-12(10)18-8-9-19-14-15-13(16-17-14)11-6-7-11/h2-5,11H,6-9H2,1H3,(H,15,16,17). The van der Waals surface area contributed by atoms with Crippen molar-refractivity contribution in [3.8, 4) is 5.75 Å². The van der Waals surface area contributed by atoms with E-state index in [0.29, 0.717) is 12.5 Å². The number of H-pyrrole nitrogens is 1. The molecule has 1 aromatic carbocycles. The minimum Gasteiger partial charge on any atom is -0.492 e. The minimum absolute atomic E-state index is 0.630. The number of benzene rings is 1. The Labute approximate surface area is 117 Å². The molecule has 0 atom stereocenters. The number of thioether (sulfide) groups is 1. The molecule has 0 aliphatic heterocycles. The molecule has 4 nitrogen and oxygen atoms in total. The van der Waals surface area contributed by atoms with Gasteiger partial charge < -0.3 is 4.74 Å². The highest BCUT2D eigenvalue weighted by Crippen LogP contribution is 2.38. The molecule has 1 saturated carbocycles. The van der Waals surface area contributed by atoms with Crippen LogP contribution in [0.1, 0.15) is 30.1 Å². The van der Waals surface area contributed by atoms with Crippen LogP contribution in [0.4, 0.5) is 0 Å². The summed E-state index contributed by atoms with van der Waals surface area (Å²) in [7, 11) is 0. The Kier molecular flexibility index (Phi) is 3.73. The van der Waals surface area contributed by atoms with E-state index >= 15 is 0 Å². The topological polar surface area (TPSA) is 50.8 Å². The molecule has 1 heterocycles. The Bertz CT molecular complexity index is 551. The van der Waals surface area contributed by atoms with Gasteiger partial charge >= 0.3 is 0 Å². The molecule has 3 rings (SSSR count). The van der Waals surface area contributed by atoms with Crippen molar-refractivity contribution in [1.29, 1.82) is 0 Å². The maximum absolute atomic E-state index is 5.74. The SMILES string of the molecule is Cc1ccccc1OCCSc1n[nH]c(C2CC2)n1. The number of aryl methyl sites for hydroxylation is 1. The summed E-state index contributed by atoms with van der Waals surface area (Å²) >= 11 is 1.63. The lowest BCUT2D eigenvalue weighted by molar-refractivity contribution is 0.341. The third-order valence-corrected chi connectivity index (χ3v) is 3.92. The van der Waals surface area contributed by atoms with Crippen LogP contribution in [-0.2, 0) is 0 Å². The zero-order valence-corrected chi connectivity index (χ0v) is 11.7. The van der Waals surface area contributed by atoms with E-state index in [9.17, 15) is 0 Å². The van der Waals surface area contributed by atoms with Crippen LogP contribution in [-0.4, -0.2) is 27.5 Å². The second-order valence-corrected chi connectivity index (χ2v) is 5.80. The first kappa shape index (κ1) is 12.5. The van der Waals surface area contributed by atoms with E-state index in [0.717, 1.165) is 22.5 Å². The number of para-hydroxylation sites is 1. The van der Waals surface area contributed by atoms with Crippen LogP contribution in [0, 0.1) is 6.92 Å². The van der Waals surface area contributed by atoms with Crippen molar-refractivity contribution < 1.29 is 4.74 Å². The first-order valence-electron chi connectivity index (χ1n) is 6.56. The summed E-state index contributed by atoms with van der Waals surface area (Å²) in [4.78, 5) is 4.48. The highest BCUT2D eigenvalue weighted by Gasteiger charge is 2.27. The van der Waals surface area contributed by atoms with Gasteiger partial charge in [0.15, 0.2) is 0 Å². The van der Waals surface area contributed by atoms with E-state index < -0.39 is 0 Å². The van der Waals surface area contributed by atoms with E-state index in [1.165, 1.54) is 18.4 Å². The number of nitrogens with one attached hydrogen (secondary N) is 1. The third-order valence-electron chi connectivity index (χ3n) is 3.11.